The summed E-state index contributed by atoms with van der Waals surface area (Å²) in [7, 11) is 0. The van der Waals surface area contributed by atoms with Gasteiger partial charge >= 0.3 is 0 Å². The zero-order valence-corrected chi connectivity index (χ0v) is 8.32. The van der Waals surface area contributed by atoms with Gasteiger partial charge in [0.1, 0.15) is 11.9 Å². The van der Waals surface area contributed by atoms with Gasteiger partial charge in [-0.1, -0.05) is 0 Å². The number of aromatic nitrogens is 1. The fourth-order valence-electron chi connectivity index (χ4n) is 1.78. The van der Waals surface area contributed by atoms with E-state index in [0.29, 0.717) is 5.56 Å². The number of hydrogen-bond acceptors (Lipinski definition) is 3. The fraction of sp³-hybridized carbons (Fsp3) is 0.455. The summed E-state index contributed by atoms with van der Waals surface area (Å²) >= 11 is 0. The van der Waals surface area contributed by atoms with Crippen LogP contribution in [0.15, 0.2) is 12.3 Å². The second kappa shape index (κ2) is 3.67. The molecule has 0 saturated carbocycles. The highest BCUT2D eigenvalue weighted by Crippen LogP contribution is 2.19. The summed E-state index contributed by atoms with van der Waals surface area (Å²) in [5.41, 5.74) is 1.69. The number of rotatable bonds is 1. The molecule has 2 heterocycles. The zero-order chi connectivity index (χ0) is 9.97. The molecular formula is C11H13N3. The molecule has 0 radical (unpaired) electrons. The second-order valence-corrected chi connectivity index (χ2v) is 3.66. The number of anilines is 1. The third-order valence-electron chi connectivity index (χ3n) is 2.65. The summed E-state index contributed by atoms with van der Waals surface area (Å²) in [6.07, 6.45) is 4.17. The van der Waals surface area contributed by atoms with Crippen molar-refractivity contribution in [2.75, 3.05) is 18.0 Å². The van der Waals surface area contributed by atoms with Gasteiger partial charge in [0, 0.05) is 19.3 Å². The van der Waals surface area contributed by atoms with Crippen molar-refractivity contribution in [1.29, 1.82) is 5.26 Å². The number of pyridine rings is 1. The predicted octanol–water partition coefficient (Wildman–Crippen LogP) is 1.86. The minimum Gasteiger partial charge on any atom is -0.357 e. The molecule has 0 aromatic carbocycles. The summed E-state index contributed by atoms with van der Waals surface area (Å²) in [6, 6.07) is 4.14. The van der Waals surface area contributed by atoms with Crippen molar-refractivity contribution in [2.45, 2.75) is 19.8 Å². The summed E-state index contributed by atoms with van der Waals surface area (Å²) in [5, 5.41) is 8.77. The monoisotopic (exact) mass is 187 g/mol. The van der Waals surface area contributed by atoms with Crippen LogP contribution in [0.25, 0.3) is 0 Å². The first-order chi connectivity index (χ1) is 6.81. The number of nitriles is 1. The molecular weight excluding hydrogens is 174 g/mol. The molecule has 14 heavy (non-hydrogen) atoms. The molecule has 1 aromatic rings. The molecule has 1 aliphatic rings. The molecule has 0 spiro atoms. The van der Waals surface area contributed by atoms with E-state index in [2.05, 4.69) is 16.0 Å². The normalized spacial score (nSPS) is 15.6. The smallest absolute Gasteiger partial charge is 0.128 e. The molecule has 1 saturated heterocycles. The van der Waals surface area contributed by atoms with E-state index in [-0.39, 0.29) is 0 Å². The molecule has 0 bridgehead atoms. The van der Waals surface area contributed by atoms with Crippen molar-refractivity contribution >= 4 is 5.82 Å². The van der Waals surface area contributed by atoms with E-state index in [1.807, 2.05) is 13.0 Å². The first kappa shape index (κ1) is 9.01. The first-order valence-electron chi connectivity index (χ1n) is 4.93. The zero-order valence-electron chi connectivity index (χ0n) is 8.32. The van der Waals surface area contributed by atoms with Crippen LogP contribution in [-0.4, -0.2) is 18.1 Å². The Morgan fingerprint density at radius 2 is 2.14 bits per heavy atom. The van der Waals surface area contributed by atoms with Gasteiger partial charge in [0.15, 0.2) is 0 Å². The molecule has 0 amide bonds. The maximum atomic E-state index is 8.77. The quantitative estimate of drug-likeness (QED) is 0.673. The summed E-state index contributed by atoms with van der Waals surface area (Å²) in [6.45, 7) is 4.15. The highest BCUT2D eigenvalue weighted by molar-refractivity contribution is 5.47. The Kier molecular flexibility index (Phi) is 2.36. The Morgan fingerprint density at radius 3 is 2.71 bits per heavy atom. The van der Waals surface area contributed by atoms with Crippen molar-refractivity contribution in [1.82, 2.24) is 4.98 Å². The van der Waals surface area contributed by atoms with E-state index in [9.17, 15) is 0 Å². The molecule has 0 atom stereocenters. The molecule has 1 aliphatic heterocycles. The maximum Gasteiger partial charge on any atom is 0.128 e. The predicted molar refractivity (Wildman–Crippen MR) is 55.1 cm³/mol. The molecule has 0 N–H and O–H groups in total. The lowest BCUT2D eigenvalue weighted by molar-refractivity contribution is 0.934. The van der Waals surface area contributed by atoms with Crippen molar-refractivity contribution in [2.24, 2.45) is 0 Å². The summed E-state index contributed by atoms with van der Waals surface area (Å²) in [4.78, 5) is 6.57. The third-order valence-corrected chi connectivity index (χ3v) is 2.65. The Labute approximate surface area is 84.0 Å². The Bertz CT molecular complexity index is 373. The van der Waals surface area contributed by atoms with Crippen LogP contribution in [0.2, 0.25) is 0 Å². The van der Waals surface area contributed by atoms with E-state index < -0.39 is 0 Å². The van der Waals surface area contributed by atoms with Crippen LogP contribution < -0.4 is 4.90 Å². The number of nitrogens with zero attached hydrogens (tertiary/aromatic N) is 3. The topological polar surface area (TPSA) is 39.9 Å². The number of aryl methyl sites for hydroxylation is 1. The summed E-state index contributed by atoms with van der Waals surface area (Å²) < 4.78 is 0. The van der Waals surface area contributed by atoms with Crippen LogP contribution in [0.5, 0.6) is 0 Å². The van der Waals surface area contributed by atoms with Gasteiger partial charge in [0.2, 0.25) is 0 Å². The Hall–Kier alpha value is -1.56. The third kappa shape index (κ3) is 1.56. The van der Waals surface area contributed by atoms with Crippen LogP contribution in [-0.2, 0) is 0 Å². The molecule has 3 heteroatoms. The lowest BCUT2D eigenvalue weighted by atomic mass is 10.2. The van der Waals surface area contributed by atoms with E-state index in [1.54, 1.807) is 6.20 Å². The fourth-order valence-corrected chi connectivity index (χ4v) is 1.78. The van der Waals surface area contributed by atoms with E-state index in [1.165, 1.54) is 12.8 Å². The van der Waals surface area contributed by atoms with Gasteiger partial charge < -0.3 is 4.90 Å². The lowest BCUT2D eigenvalue weighted by Gasteiger charge is -2.16. The average Bonchev–Trinajstić information content (AvgIpc) is 2.70. The molecule has 1 aromatic heterocycles. The summed E-state index contributed by atoms with van der Waals surface area (Å²) in [5.74, 6) is 1.01. The largest absolute Gasteiger partial charge is 0.357 e. The molecule has 72 valence electrons. The lowest BCUT2D eigenvalue weighted by Crippen LogP contribution is -2.19. The van der Waals surface area contributed by atoms with Crippen molar-refractivity contribution in [3.8, 4) is 6.07 Å². The SMILES string of the molecule is Cc1cc(N2CCCC2)ncc1C#N. The van der Waals surface area contributed by atoms with Crippen LogP contribution in [0.1, 0.15) is 24.0 Å². The van der Waals surface area contributed by atoms with Crippen molar-refractivity contribution < 1.29 is 0 Å². The number of hydrogen-bond donors (Lipinski definition) is 0. The van der Waals surface area contributed by atoms with E-state index >= 15 is 0 Å². The van der Waals surface area contributed by atoms with Crippen LogP contribution in [0.4, 0.5) is 5.82 Å². The minimum atomic E-state index is 0.674. The molecule has 1 fully saturated rings. The standard InChI is InChI=1S/C11H13N3/c1-9-6-11(13-8-10(9)7-12)14-4-2-3-5-14/h6,8H,2-5H2,1H3. The van der Waals surface area contributed by atoms with Crippen molar-refractivity contribution in [3.05, 3.63) is 23.4 Å². The molecule has 3 nitrogen and oxygen atoms in total. The van der Waals surface area contributed by atoms with Crippen LogP contribution in [0, 0.1) is 18.3 Å². The van der Waals surface area contributed by atoms with E-state index in [4.69, 9.17) is 5.26 Å². The second-order valence-electron chi connectivity index (χ2n) is 3.66. The first-order valence-corrected chi connectivity index (χ1v) is 4.93. The highest BCUT2D eigenvalue weighted by Gasteiger charge is 2.13. The van der Waals surface area contributed by atoms with Gasteiger partial charge in [-0.2, -0.15) is 5.26 Å². The van der Waals surface area contributed by atoms with Gasteiger partial charge in [-0.05, 0) is 31.4 Å². The average molecular weight is 187 g/mol. The Balaban J connectivity index is 2.28. The van der Waals surface area contributed by atoms with Crippen molar-refractivity contribution in [3.63, 3.8) is 0 Å². The van der Waals surface area contributed by atoms with Gasteiger partial charge in [0.05, 0.1) is 5.56 Å². The van der Waals surface area contributed by atoms with Gasteiger partial charge in [-0.25, -0.2) is 4.98 Å². The highest BCUT2D eigenvalue weighted by atomic mass is 15.2. The van der Waals surface area contributed by atoms with Gasteiger partial charge in [0.25, 0.3) is 0 Å². The molecule has 2 rings (SSSR count). The van der Waals surface area contributed by atoms with Gasteiger partial charge in [-0.3, -0.25) is 0 Å². The minimum absolute atomic E-state index is 0.674. The van der Waals surface area contributed by atoms with Gasteiger partial charge in [-0.15, -0.1) is 0 Å². The Morgan fingerprint density at radius 1 is 1.43 bits per heavy atom. The molecule has 0 aliphatic carbocycles. The van der Waals surface area contributed by atoms with Crippen LogP contribution >= 0.6 is 0 Å². The van der Waals surface area contributed by atoms with E-state index in [0.717, 1.165) is 24.5 Å². The molecule has 0 unspecified atom stereocenters. The maximum absolute atomic E-state index is 8.77. The van der Waals surface area contributed by atoms with Crippen LogP contribution in [0.3, 0.4) is 0 Å².